The Morgan fingerprint density at radius 2 is 1.95 bits per heavy atom. The largest absolute Gasteiger partial charge is 0.464 e. The molecule has 21 heavy (non-hydrogen) atoms. The first-order valence-electron chi connectivity index (χ1n) is 6.86. The Bertz CT molecular complexity index is 589. The van der Waals surface area contributed by atoms with Crippen LogP contribution in [0.25, 0.3) is 0 Å². The summed E-state index contributed by atoms with van der Waals surface area (Å²) in [6.07, 6.45) is -3.08. The second-order valence-corrected chi connectivity index (χ2v) is 4.90. The molecule has 2 aromatic rings. The summed E-state index contributed by atoms with van der Waals surface area (Å²) in [6, 6.07) is 9.02. The van der Waals surface area contributed by atoms with E-state index in [0.717, 1.165) is 24.0 Å². The third kappa shape index (κ3) is 3.88. The third-order valence-electron chi connectivity index (χ3n) is 3.42. The predicted octanol–water partition coefficient (Wildman–Crippen LogP) is 4.36. The molecule has 0 radical (unpaired) electrons. The Labute approximate surface area is 122 Å². The van der Waals surface area contributed by atoms with Crippen LogP contribution in [0, 0.1) is 0 Å². The van der Waals surface area contributed by atoms with E-state index < -0.39 is 11.7 Å². The predicted molar refractivity (Wildman–Crippen MR) is 75.0 cm³/mol. The van der Waals surface area contributed by atoms with Crippen LogP contribution in [0.3, 0.4) is 0 Å². The maximum atomic E-state index is 12.7. The Kier molecular flexibility index (Phi) is 4.73. The molecule has 0 aliphatic carbocycles. The fourth-order valence-electron chi connectivity index (χ4n) is 2.23. The van der Waals surface area contributed by atoms with E-state index in [1.54, 1.807) is 13.1 Å². The van der Waals surface area contributed by atoms with Crippen LogP contribution in [0.15, 0.2) is 40.8 Å². The second kappa shape index (κ2) is 6.35. The topological polar surface area (TPSA) is 25.2 Å². The number of alkyl halides is 3. The van der Waals surface area contributed by atoms with Crippen LogP contribution < -0.4 is 5.32 Å². The summed E-state index contributed by atoms with van der Waals surface area (Å²) in [4.78, 5) is 0. The number of furan rings is 1. The summed E-state index contributed by atoms with van der Waals surface area (Å²) < 4.78 is 43.8. The van der Waals surface area contributed by atoms with E-state index in [1.165, 1.54) is 12.1 Å². The minimum absolute atomic E-state index is 0.145. The Morgan fingerprint density at radius 3 is 2.52 bits per heavy atom. The lowest BCUT2D eigenvalue weighted by Gasteiger charge is -2.15. The van der Waals surface area contributed by atoms with Crippen molar-refractivity contribution in [2.75, 3.05) is 7.05 Å². The highest BCUT2D eigenvalue weighted by atomic mass is 19.4. The number of aryl methyl sites for hydroxylation is 1. The van der Waals surface area contributed by atoms with Gasteiger partial charge in [-0.15, -0.1) is 0 Å². The van der Waals surface area contributed by atoms with Crippen molar-refractivity contribution in [2.24, 2.45) is 0 Å². The van der Waals surface area contributed by atoms with Gasteiger partial charge in [0.15, 0.2) is 0 Å². The van der Waals surface area contributed by atoms with E-state index >= 15 is 0 Å². The number of likely N-dealkylation sites (N-methyl/N-ethyl adjacent to an activating group) is 1. The van der Waals surface area contributed by atoms with Crippen molar-refractivity contribution in [3.8, 4) is 0 Å². The van der Waals surface area contributed by atoms with Crippen molar-refractivity contribution in [3.05, 3.63) is 59.0 Å². The first kappa shape index (κ1) is 15.6. The summed E-state index contributed by atoms with van der Waals surface area (Å²) in [5.74, 6) is 1.61. The van der Waals surface area contributed by atoms with Gasteiger partial charge >= 0.3 is 6.18 Å². The van der Waals surface area contributed by atoms with Crippen molar-refractivity contribution in [2.45, 2.75) is 32.0 Å². The average Bonchev–Trinajstić information content (AvgIpc) is 2.93. The van der Waals surface area contributed by atoms with E-state index in [4.69, 9.17) is 4.42 Å². The van der Waals surface area contributed by atoms with E-state index in [-0.39, 0.29) is 6.04 Å². The lowest BCUT2D eigenvalue weighted by molar-refractivity contribution is -0.137. The molecule has 0 saturated carbocycles. The third-order valence-corrected chi connectivity index (χ3v) is 3.42. The van der Waals surface area contributed by atoms with Crippen molar-refractivity contribution < 1.29 is 17.6 Å². The molecular formula is C16H18F3NO. The number of hydrogen-bond acceptors (Lipinski definition) is 2. The molecule has 2 rings (SSSR count). The average molecular weight is 297 g/mol. The van der Waals surface area contributed by atoms with Crippen LogP contribution in [0.4, 0.5) is 13.2 Å². The minimum Gasteiger partial charge on any atom is -0.464 e. The van der Waals surface area contributed by atoms with Crippen molar-refractivity contribution in [1.82, 2.24) is 5.32 Å². The van der Waals surface area contributed by atoms with E-state index in [0.29, 0.717) is 12.0 Å². The highest BCUT2D eigenvalue weighted by Gasteiger charge is 2.30. The first-order chi connectivity index (χ1) is 9.94. The van der Waals surface area contributed by atoms with Gasteiger partial charge in [-0.3, -0.25) is 0 Å². The fraction of sp³-hybridized carbons (Fsp3) is 0.375. The summed E-state index contributed by atoms with van der Waals surface area (Å²) in [6.45, 7) is 1.99. The number of rotatable bonds is 5. The van der Waals surface area contributed by atoms with Crippen molar-refractivity contribution in [3.63, 3.8) is 0 Å². The Morgan fingerprint density at radius 1 is 1.19 bits per heavy atom. The monoisotopic (exact) mass is 297 g/mol. The molecule has 114 valence electrons. The molecule has 1 heterocycles. The van der Waals surface area contributed by atoms with Crippen LogP contribution in [-0.4, -0.2) is 7.05 Å². The van der Waals surface area contributed by atoms with Gasteiger partial charge in [-0.05, 0) is 37.2 Å². The van der Waals surface area contributed by atoms with Gasteiger partial charge in [0, 0.05) is 6.42 Å². The second-order valence-electron chi connectivity index (χ2n) is 4.90. The standard InChI is InChI=1S/C16H18F3NO/c1-3-13-7-8-15(21-13)14(20-2)10-11-5-4-6-12(9-11)16(17,18)19/h4-9,14,20H,3,10H2,1-2H3. The zero-order chi connectivity index (χ0) is 15.5. The van der Waals surface area contributed by atoms with E-state index in [9.17, 15) is 13.2 Å². The lowest BCUT2D eigenvalue weighted by atomic mass is 10.0. The van der Waals surface area contributed by atoms with Gasteiger partial charge in [0.1, 0.15) is 11.5 Å². The zero-order valence-electron chi connectivity index (χ0n) is 12.0. The molecule has 0 bridgehead atoms. The smallest absolute Gasteiger partial charge is 0.416 e. The molecule has 5 heteroatoms. The van der Waals surface area contributed by atoms with Crippen molar-refractivity contribution in [1.29, 1.82) is 0 Å². The Hall–Kier alpha value is -1.75. The molecule has 1 aromatic carbocycles. The molecule has 0 aliphatic heterocycles. The molecule has 1 aromatic heterocycles. The highest BCUT2D eigenvalue weighted by Crippen LogP contribution is 2.30. The van der Waals surface area contributed by atoms with Crippen LogP contribution in [-0.2, 0) is 19.0 Å². The molecule has 0 aliphatic rings. The number of hydrogen-bond donors (Lipinski definition) is 1. The molecule has 0 spiro atoms. The van der Waals surface area contributed by atoms with Gasteiger partial charge in [0.05, 0.1) is 11.6 Å². The Balaban J connectivity index is 2.18. The quantitative estimate of drug-likeness (QED) is 0.887. The summed E-state index contributed by atoms with van der Waals surface area (Å²) in [5.41, 5.74) is 0.00201. The molecule has 1 atom stereocenters. The summed E-state index contributed by atoms with van der Waals surface area (Å²) in [5, 5.41) is 3.09. The SMILES string of the molecule is CCc1ccc(C(Cc2cccc(C(F)(F)F)c2)NC)o1. The maximum absolute atomic E-state index is 12.7. The zero-order valence-corrected chi connectivity index (χ0v) is 12.0. The molecule has 1 N–H and O–H groups in total. The number of halogens is 3. The number of nitrogens with one attached hydrogen (secondary N) is 1. The molecule has 0 amide bonds. The lowest BCUT2D eigenvalue weighted by Crippen LogP contribution is -2.18. The van der Waals surface area contributed by atoms with Crippen LogP contribution in [0.1, 0.15) is 35.6 Å². The van der Waals surface area contributed by atoms with Crippen LogP contribution >= 0.6 is 0 Å². The summed E-state index contributed by atoms with van der Waals surface area (Å²) >= 11 is 0. The summed E-state index contributed by atoms with van der Waals surface area (Å²) in [7, 11) is 1.77. The van der Waals surface area contributed by atoms with Gasteiger partial charge < -0.3 is 9.73 Å². The molecule has 2 nitrogen and oxygen atoms in total. The fourth-order valence-corrected chi connectivity index (χ4v) is 2.23. The molecule has 0 saturated heterocycles. The van der Waals surface area contributed by atoms with Gasteiger partial charge in [-0.25, -0.2) is 0 Å². The van der Waals surface area contributed by atoms with Gasteiger partial charge in [0.2, 0.25) is 0 Å². The van der Waals surface area contributed by atoms with Crippen LogP contribution in [0.5, 0.6) is 0 Å². The van der Waals surface area contributed by atoms with E-state index in [2.05, 4.69) is 5.32 Å². The molecule has 0 fully saturated rings. The van der Waals surface area contributed by atoms with E-state index in [1.807, 2.05) is 19.1 Å². The van der Waals surface area contributed by atoms with Gasteiger partial charge in [-0.1, -0.05) is 25.1 Å². The highest BCUT2D eigenvalue weighted by molar-refractivity contribution is 5.27. The van der Waals surface area contributed by atoms with Gasteiger partial charge in [0.25, 0.3) is 0 Å². The molecule has 1 unspecified atom stereocenters. The van der Waals surface area contributed by atoms with Crippen LogP contribution in [0.2, 0.25) is 0 Å². The number of benzene rings is 1. The van der Waals surface area contributed by atoms with Crippen molar-refractivity contribution >= 4 is 0 Å². The molecular weight excluding hydrogens is 279 g/mol. The van der Waals surface area contributed by atoms with Gasteiger partial charge in [-0.2, -0.15) is 13.2 Å². The maximum Gasteiger partial charge on any atom is 0.416 e. The first-order valence-corrected chi connectivity index (χ1v) is 6.86. The minimum atomic E-state index is -4.31. The normalized spacial score (nSPS) is 13.4.